The first kappa shape index (κ1) is 13.3. The Hall–Kier alpha value is -1.73. The van der Waals surface area contributed by atoms with Crippen LogP contribution >= 0.6 is 11.3 Å². The van der Waals surface area contributed by atoms with E-state index >= 15 is 0 Å². The number of aliphatic hydroxyl groups is 1. The van der Waals surface area contributed by atoms with E-state index in [1.807, 2.05) is 6.07 Å². The molecule has 0 unspecified atom stereocenters. The molecule has 106 valence electrons. The lowest BCUT2D eigenvalue weighted by molar-refractivity contribution is -0.382. The summed E-state index contributed by atoms with van der Waals surface area (Å²) in [5.41, 5.74) is 2.04. The van der Waals surface area contributed by atoms with E-state index in [2.05, 4.69) is 10.3 Å². The first-order valence-electron chi connectivity index (χ1n) is 6.55. The number of benzene rings is 1. The van der Waals surface area contributed by atoms with Gasteiger partial charge in [0.05, 0.1) is 27.3 Å². The molecule has 7 heteroatoms. The van der Waals surface area contributed by atoms with Crippen LogP contribution < -0.4 is 5.32 Å². The van der Waals surface area contributed by atoms with Crippen LogP contribution in [-0.2, 0) is 0 Å². The largest absolute Gasteiger partial charge is 0.394 e. The lowest BCUT2D eigenvalue weighted by Gasteiger charge is -2.29. The Morgan fingerprint density at radius 1 is 1.45 bits per heavy atom. The normalized spacial score (nSPS) is 17.4. The van der Waals surface area contributed by atoms with Gasteiger partial charge in [-0.25, -0.2) is 4.98 Å². The van der Waals surface area contributed by atoms with Crippen molar-refractivity contribution in [2.75, 3.05) is 11.9 Å². The van der Waals surface area contributed by atoms with Crippen LogP contribution in [-0.4, -0.2) is 27.2 Å². The summed E-state index contributed by atoms with van der Waals surface area (Å²) in [6, 6.07) is 3.55. The van der Waals surface area contributed by atoms with Gasteiger partial charge in [-0.1, -0.05) is 12.8 Å². The van der Waals surface area contributed by atoms with Gasteiger partial charge >= 0.3 is 5.69 Å². The van der Waals surface area contributed by atoms with Gasteiger partial charge in [0.2, 0.25) is 0 Å². The Morgan fingerprint density at radius 3 is 2.85 bits per heavy atom. The maximum atomic E-state index is 11.4. The van der Waals surface area contributed by atoms with Gasteiger partial charge in [-0.2, -0.15) is 0 Å². The standard InChI is InChI=1S/C13H15N3O3S/c17-7-13(5-1-2-6-13)15-9-3-4-10-11(14-8-20-10)12(9)16(18)19/h3-4,8,15,17H,1-2,5-7H2. The molecule has 0 aliphatic heterocycles. The predicted molar refractivity (Wildman–Crippen MR) is 78.2 cm³/mol. The molecule has 1 aliphatic carbocycles. The van der Waals surface area contributed by atoms with Crippen molar-refractivity contribution in [3.63, 3.8) is 0 Å². The summed E-state index contributed by atoms with van der Waals surface area (Å²) in [4.78, 5) is 15.1. The second-order valence-electron chi connectivity index (χ2n) is 5.19. The average molecular weight is 293 g/mol. The second kappa shape index (κ2) is 4.99. The Labute approximate surface area is 119 Å². The van der Waals surface area contributed by atoms with Gasteiger partial charge in [0.1, 0.15) is 5.69 Å². The summed E-state index contributed by atoms with van der Waals surface area (Å²) in [6.07, 6.45) is 3.71. The average Bonchev–Trinajstić information content (AvgIpc) is 3.07. The van der Waals surface area contributed by atoms with Gasteiger partial charge in [-0.3, -0.25) is 10.1 Å². The molecule has 1 aromatic heterocycles. The zero-order valence-electron chi connectivity index (χ0n) is 10.8. The molecule has 0 saturated heterocycles. The molecule has 1 heterocycles. The van der Waals surface area contributed by atoms with Crippen LogP contribution in [0.3, 0.4) is 0 Å². The minimum Gasteiger partial charge on any atom is -0.394 e. The molecule has 2 aromatic rings. The molecule has 2 N–H and O–H groups in total. The molecule has 0 spiro atoms. The van der Waals surface area contributed by atoms with Gasteiger partial charge < -0.3 is 10.4 Å². The van der Waals surface area contributed by atoms with Crippen LogP contribution in [0, 0.1) is 10.1 Å². The molecular weight excluding hydrogens is 278 g/mol. The number of nitrogens with one attached hydrogen (secondary N) is 1. The Morgan fingerprint density at radius 2 is 2.20 bits per heavy atom. The van der Waals surface area contributed by atoms with Crippen LogP contribution in [0.15, 0.2) is 17.6 Å². The highest BCUT2D eigenvalue weighted by Gasteiger charge is 2.35. The van der Waals surface area contributed by atoms with Crippen molar-refractivity contribution in [2.24, 2.45) is 0 Å². The zero-order chi connectivity index (χ0) is 14.2. The van der Waals surface area contributed by atoms with Crippen molar-refractivity contribution in [1.82, 2.24) is 4.98 Å². The van der Waals surface area contributed by atoms with E-state index in [1.54, 1.807) is 11.6 Å². The van der Waals surface area contributed by atoms with Crippen molar-refractivity contribution < 1.29 is 10.0 Å². The lowest BCUT2D eigenvalue weighted by atomic mass is 9.98. The highest BCUT2D eigenvalue weighted by atomic mass is 32.1. The summed E-state index contributed by atoms with van der Waals surface area (Å²) in [7, 11) is 0. The number of nitro benzene ring substituents is 1. The number of nitrogens with zero attached hydrogens (tertiary/aromatic N) is 2. The first-order valence-corrected chi connectivity index (χ1v) is 7.43. The molecule has 20 heavy (non-hydrogen) atoms. The summed E-state index contributed by atoms with van der Waals surface area (Å²) < 4.78 is 0.798. The van der Waals surface area contributed by atoms with Gasteiger partial charge in [-0.05, 0) is 25.0 Å². The van der Waals surface area contributed by atoms with Gasteiger partial charge in [0, 0.05) is 0 Å². The molecule has 1 fully saturated rings. The molecule has 0 atom stereocenters. The van der Waals surface area contributed by atoms with Crippen LogP contribution in [0.2, 0.25) is 0 Å². The second-order valence-corrected chi connectivity index (χ2v) is 6.07. The molecule has 1 aliphatic rings. The third kappa shape index (κ3) is 2.12. The highest BCUT2D eigenvalue weighted by molar-refractivity contribution is 7.16. The van der Waals surface area contributed by atoms with E-state index < -0.39 is 10.5 Å². The van der Waals surface area contributed by atoms with Crippen molar-refractivity contribution in [2.45, 2.75) is 31.2 Å². The number of aliphatic hydroxyl groups excluding tert-OH is 1. The van der Waals surface area contributed by atoms with Gasteiger partial charge in [-0.15, -0.1) is 11.3 Å². The SMILES string of the molecule is O=[N+]([O-])c1c(NC2(CO)CCCC2)ccc2scnc12. The quantitative estimate of drug-likeness (QED) is 0.668. The number of hydrogen-bond donors (Lipinski definition) is 2. The number of hydrogen-bond acceptors (Lipinski definition) is 6. The maximum Gasteiger partial charge on any atom is 0.319 e. The fourth-order valence-corrected chi connectivity index (χ4v) is 3.54. The van der Waals surface area contributed by atoms with Crippen LogP contribution in [0.1, 0.15) is 25.7 Å². The molecule has 0 radical (unpaired) electrons. The Kier molecular flexibility index (Phi) is 3.31. The minimum absolute atomic E-state index is 0.00322. The number of rotatable bonds is 4. The summed E-state index contributed by atoms with van der Waals surface area (Å²) in [5.74, 6) is 0. The van der Waals surface area contributed by atoms with Crippen molar-refractivity contribution in [3.05, 3.63) is 27.8 Å². The fraction of sp³-hybridized carbons (Fsp3) is 0.462. The zero-order valence-corrected chi connectivity index (χ0v) is 11.7. The minimum atomic E-state index is -0.436. The van der Waals surface area contributed by atoms with Gasteiger partial charge in [0.15, 0.2) is 5.52 Å². The third-order valence-corrected chi connectivity index (χ3v) is 4.72. The Balaban J connectivity index is 2.06. The van der Waals surface area contributed by atoms with E-state index in [0.717, 1.165) is 30.4 Å². The van der Waals surface area contributed by atoms with E-state index in [0.29, 0.717) is 11.2 Å². The van der Waals surface area contributed by atoms with E-state index in [-0.39, 0.29) is 12.3 Å². The monoisotopic (exact) mass is 293 g/mol. The predicted octanol–water partition coefficient (Wildman–Crippen LogP) is 2.92. The van der Waals surface area contributed by atoms with Gasteiger partial charge in [0.25, 0.3) is 0 Å². The van der Waals surface area contributed by atoms with E-state index in [9.17, 15) is 15.2 Å². The summed E-state index contributed by atoms with van der Waals surface area (Å²) >= 11 is 1.38. The van der Waals surface area contributed by atoms with Crippen LogP contribution in [0.5, 0.6) is 0 Å². The van der Waals surface area contributed by atoms with E-state index in [1.165, 1.54) is 11.3 Å². The van der Waals surface area contributed by atoms with Crippen LogP contribution in [0.4, 0.5) is 11.4 Å². The molecule has 0 bridgehead atoms. The number of aromatic nitrogens is 1. The third-order valence-electron chi connectivity index (χ3n) is 3.92. The van der Waals surface area contributed by atoms with Crippen molar-refractivity contribution in [3.8, 4) is 0 Å². The topological polar surface area (TPSA) is 88.3 Å². The summed E-state index contributed by atoms with van der Waals surface area (Å²) in [5, 5.41) is 24.2. The fourth-order valence-electron chi connectivity index (χ4n) is 2.86. The maximum absolute atomic E-state index is 11.4. The molecule has 0 amide bonds. The number of anilines is 1. The highest BCUT2D eigenvalue weighted by Crippen LogP contribution is 2.39. The number of nitro groups is 1. The lowest BCUT2D eigenvalue weighted by Crippen LogP contribution is -2.39. The van der Waals surface area contributed by atoms with Crippen LogP contribution in [0.25, 0.3) is 10.2 Å². The van der Waals surface area contributed by atoms with Crippen molar-refractivity contribution >= 4 is 32.9 Å². The number of thiazole rings is 1. The molecular formula is C13H15N3O3S. The molecule has 6 nitrogen and oxygen atoms in total. The summed E-state index contributed by atoms with van der Waals surface area (Å²) in [6.45, 7) is -0.0146. The Bertz CT molecular complexity index is 649. The van der Waals surface area contributed by atoms with E-state index in [4.69, 9.17) is 0 Å². The first-order chi connectivity index (χ1) is 9.65. The van der Waals surface area contributed by atoms with Crippen molar-refractivity contribution in [1.29, 1.82) is 0 Å². The molecule has 3 rings (SSSR count). The molecule has 1 aromatic carbocycles. The number of fused-ring (bicyclic) bond motifs is 1. The smallest absolute Gasteiger partial charge is 0.319 e. The molecule has 1 saturated carbocycles.